The molecule has 0 aliphatic carbocycles. The number of carbonyl (C=O) groups excluding carboxylic acids is 1. The van der Waals surface area contributed by atoms with Crippen LogP contribution in [0.15, 0.2) is 0 Å². The Morgan fingerprint density at radius 1 is 1.36 bits per heavy atom. The van der Waals surface area contributed by atoms with Gasteiger partial charge in [0.1, 0.15) is 0 Å². The molecule has 0 aromatic rings. The van der Waals surface area contributed by atoms with Crippen LogP contribution in [0.25, 0.3) is 0 Å². The summed E-state index contributed by atoms with van der Waals surface area (Å²) in [5, 5.41) is 2.87. The molecule has 0 fully saturated rings. The van der Waals surface area contributed by atoms with Gasteiger partial charge < -0.3 is 11.1 Å². The number of amides is 1. The third kappa shape index (κ3) is 5.97. The standard InChI is InChI=1S/C11H24N2O/c1-5-9(4)7-13-11(14)10(12)6-8(2)3/h8-10H,5-7,12H2,1-4H3,(H,13,14)/t9-,10+/m1/s1. The molecule has 0 aromatic carbocycles. The lowest BCUT2D eigenvalue weighted by Crippen LogP contribution is -2.42. The molecule has 0 aromatic heterocycles. The smallest absolute Gasteiger partial charge is 0.236 e. The van der Waals surface area contributed by atoms with Crippen molar-refractivity contribution in [3.05, 3.63) is 0 Å². The van der Waals surface area contributed by atoms with Crippen molar-refractivity contribution in [1.82, 2.24) is 5.32 Å². The highest BCUT2D eigenvalue weighted by Crippen LogP contribution is 2.03. The van der Waals surface area contributed by atoms with Crippen molar-refractivity contribution in [1.29, 1.82) is 0 Å². The quantitative estimate of drug-likeness (QED) is 0.683. The van der Waals surface area contributed by atoms with Gasteiger partial charge in [0.2, 0.25) is 5.91 Å². The van der Waals surface area contributed by atoms with Crippen molar-refractivity contribution in [3.63, 3.8) is 0 Å². The Hall–Kier alpha value is -0.570. The lowest BCUT2D eigenvalue weighted by molar-refractivity contribution is -0.122. The number of nitrogens with one attached hydrogen (secondary N) is 1. The van der Waals surface area contributed by atoms with Gasteiger partial charge in [-0.05, 0) is 18.3 Å². The summed E-state index contributed by atoms with van der Waals surface area (Å²) in [6, 6.07) is -0.348. The van der Waals surface area contributed by atoms with Gasteiger partial charge in [0.25, 0.3) is 0 Å². The molecule has 3 N–H and O–H groups in total. The fourth-order valence-electron chi connectivity index (χ4n) is 1.17. The number of rotatable bonds is 6. The summed E-state index contributed by atoms with van der Waals surface area (Å²) < 4.78 is 0. The molecule has 0 heterocycles. The van der Waals surface area contributed by atoms with Gasteiger partial charge in [-0.3, -0.25) is 4.79 Å². The van der Waals surface area contributed by atoms with Gasteiger partial charge >= 0.3 is 0 Å². The minimum Gasteiger partial charge on any atom is -0.354 e. The van der Waals surface area contributed by atoms with Crippen LogP contribution in [0.2, 0.25) is 0 Å². The zero-order valence-electron chi connectivity index (χ0n) is 9.84. The predicted molar refractivity (Wildman–Crippen MR) is 59.9 cm³/mol. The number of nitrogens with two attached hydrogens (primary N) is 1. The number of carbonyl (C=O) groups is 1. The Bertz CT molecular complexity index is 169. The van der Waals surface area contributed by atoms with Crippen molar-refractivity contribution in [2.75, 3.05) is 6.54 Å². The first-order valence-corrected chi connectivity index (χ1v) is 5.50. The van der Waals surface area contributed by atoms with Crippen LogP contribution in [-0.2, 0) is 4.79 Å². The second-order valence-corrected chi connectivity index (χ2v) is 4.49. The highest BCUT2D eigenvalue weighted by molar-refractivity contribution is 5.81. The molecular weight excluding hydrogens is 176 g/mol. The van der Waals surface area contributed by atoms with Crippen molar-refractivity contribution >= 4 is 5.91 Å². The second-order valence-electron chi connectivity index (χ2n) is 4.49. The van der Waals surface area contributed by atoms with Gasteiger partial charge in [-0.1, -0.05) is 34.1 Å². The molecule has 0 spiro atoms. The van der Waals surface area contributed by atoms with Crippen molar-refractivity contribution < 1.29 is 4.79 Å². The largest absolute Gasteiger partial charge is 0.354 e. The molecule has 0 saturated heterocycles. The van der Waals surface area contributed by atoms with Gasteiger partial charge in [0, 0.05) is 6.54 Å². The monoisotopic (exact) mass is 200 g/mol. The Morgan fingerprint density at radius 2 is 1.93 bits per heavy atom. The van der Waals surface area contributed by atoms with E-state index in [-0.39, 0.29) is 11.9 Å². The summed E-state index contributed by atoms with van der Waals surface area (Å²) in [4.78, 5) is 11.5. The molecule has 14 heavy (non-hydrogen) atoms. The Balaban J connectivity index is 3.73. The molecule has 3 nitrogen and oxygen atoms in total. The summed E-state index contributed by atoms with van der Waals surface area (Å²) in [7, 11) is 0. The minimum absolute atomic E-state index is 0.0148. The predicted octanol–water partition coefficient (Wildman–Crippen LogP) is 1.52. The van der Waals surface area contributed by atoms with Crippen LogP contribution in [0, 0.1) is 11.8 Å². The van der Waals surface area contributed by atoms with Crippen molar-refractivity contribution in [2.24, 2.45) is 17.6 Å². The SMILES string of the molecule is CC[C@@H](C)CNC(=O)[C@@H](N)CC(C)C. The van der Waals surface area contributed by atoms with E-state index in [1.54, 1.807) is 0 Å². The average Bonchev–Trinajstić information content (AvgIpc) is 2.12. The maximum atomic E-state index is 11.5. The molecule has 0 bridgehead atoms. The summed E-state index contributed by atoms with van der Waals surface area (Å²) >= 11 is 0. The molecule has 0 radical (unpaired) electrons. The maximum absolute atomic E-state index is 11.5. The third-order valence-corrected chi connectivity index (χ3v) is 2.38. The van der Waals surface area contributed by atoms with Crippen LogP contribution in [0.4, 0.5) is 0 Å². The molecule has 3 heteroatoms. The Kier molecular flexibility index (Phi) is 6.54. The molecule has 84 valence electrons. The van der Waals surface area contributed by atoms with Crippen LogP contribution >= 0.6 is 0 Å². The summed E-state index contributed by atoms with van der Waals surface area (Å²) in [5.74, 6) is 0.989. The van der Waals surface area contributed by atoms with Crippen LogP contribution in [0.1, 0.15) is 40.5 Å². The minimum atomic E-state index is -0.348. The lowest BCUT2D eigenvalue weighted by atomic mass is 10.0. The van der Waals surface area contributed by atoms with Crippen molar-refractivity contribution in [3.8, 4) is 0 Å². The highest BCUT2D eigenvalue weighted by Gasteiger charge is 2.14. The van der Waals surface area contributed by atoms with E-state index in [1.807, 2.05) is 0 Å². The summed E-state index contributed by atoms with van der Waals surface area (Å²) in [5.41, 5.74) is 5.73. The van der Waals surface area contributed by atoms with Gasteiger partial charge in [-0.15, -0.1) is 0 Å². The number of hydrogen-bond donors (Lipinski definition) is 2. The van der Waals surface area contributed by atoms with E-state index in [9.17, 15) is 4.79 Å². The molecule has 2 atom stereocenters. The topological polar surface area (TPSA) is 55.1 Å². The molecule has 1 amide bonds. The summed E-state index contributed by atoms with van der Waals surface area (Å²) in [6.45, 7) is 9.11. The van der Waals surface area contributed by atoms with E-state index in [1.165, 1.54) is 0 Å². The van der Waals surface area contributed by atoms with E-state index in [0.717, 1.165) is 19.4 Å². The van der Waals surface area contributed by atoms with Gasteiger partial charge in [-0.25, -0.2) is 0 Å². The van der Waals surface area contributed by atoms with E-state index >= 15 is 0 Å². The second kappa shape index (κ2) is 6.82. The summed E-state index contributed by atoms with van der Waals surface area (Å²) in [6.07, 6.45) is 1.84. The molecule has 0 aliphatic heterocycles. The van der Waals surface area contributed by atoms with E-state index < -0.39 is 0 Å². The fraction of sp³-hybridized carbons (Fsp3) is 0.909. The molecule has 0 rings (SSSR count). The first-order valence-electron chi connectivity index (χ1n) is 5.50. The van der Waals surface area contributed by atoms with Crippen LogP contribution in [0.3, 0.4) is 0 Å². The fourth-order valence-corrected chi connectivity index (χ4v) is 1.17. The Labute approximate surface area is 87.4 Å². The zero-order chi connectivity index (χ0) is 11.1. The molecule has 0 saturated carbocycles. The highest BCUT2D eigenvalue weighted by atomic mass is 16.2. The third-order valence-electron chi connectivity index (χ3n) is 2.38. The molecular formula is C11H24N2O. The van der Waals surface area contributed by atoms with E-state index in [4.69, 9.17) is 5.73 Å². The Morgan fingerprint density at radius 3 is 2.36 bits per heavy atom. The van der Waals surface area contributed by atoms with E-state index in [2.05, 4.69) is 33.0 Å². The van der Waals surface area contributed by atoms with Gasteiger partial charge in [0.15, 0.2) is 0 Å². The molecule has 0 unspecified atom stereocenters. The first-order chi connectivity index (χ1) is 6.47. The van der Waals surface area contributed by atoms with Crippen LogP contribution < -0.4 is 11.1 Å². The first kappa shape index (κ1) is 13.4. The number of hydrogen-bond acceptors (Lipinski definition) is 2. The average molecular weight is 200 g/mol. The van der Waals surface area contributed by atoms with Crippen molar-refractivity contribution in [2.45, 2.75) is 46.6 Å². The lowest BCUT2D eigenvalue weighted by Gasteiger charge is -2.16. The van der Waals surface area contributed by atoms with E-state index in [0.29, 0.717) is 11.8 Å². The maximum Gasteiger partial charge on any atom is 0.236 e. The molecule has 0 aliphatic rings. The van der Waals surface area contributed by atoms with Gasteiger partial charge in [-0.2, -0.15) is 0 Å². The zero-order valence-corrected chi connectivity index (χ0v) is 9.84. The van der Waals surface area contributed by atoms with Crippen LogP contribution in [0.5, 0.6) is 0 Å². The normalized spacial score (nSPS) is 15.3. The van der Waals surface area contributed by atoms with Gasteiger partial charge in [0.05, 0.1) is 6.04 Å². The van der Waals surface area contributed by atoms with Crippen LogP contribution in [-0.4, -0.2) is 18.5 Å².